The van der Waals surface area contributed by atoms with Crippen LogP contribution in [0.1, 0.15) is 32.0 Å². The number of carbonyl (C=O) groups is 1. The molecule has 8 nitrogen and oxygen atoms in total. The number of allylic oxidation sites excluding steroid dienone is 1. The molecular formula is C24H27FN7O+. The van der Waals surface area contributed by atoms with Crippen molar-refractivity contribution in [1.82, 2.24) is 9.97 Å². The third-order valence-electron chi connectivity index (χ3n) is 4.42. The van der Waals surface area contributed by atoms with Crippen molar-refractivity contribution in [2.45, 2.75) is 26.3 Å². The van der Waals surface area contributed by atoms with Crippen LogP contribution in [-0.2, 0) is 0 Å². The minimum Gasteiger partial charge on any atom is -0.396 e. The normalized spacial score (nSPS) is 12.4. The van der Waals surface area contributed by atoms with Crippen molar-refractivity contribution in [1.29, 1.82) is 0 Å². The molecule has 33 heavy (non-hydrogen) atoms. The standard InChI is InChI=1S/C24H26FN7O/c1-24(2,3)29-14-19(21(26)20-11-12-28-22(27)32-20)15-5-4-6-18(13-15)31-23(33)30-17-9-7-16(25)8-10-17/h4-14H,26H2,1-3H3,(H2,27,28,32)(H2,30,31,33)/p+1. The fourth-order valence-electron chi connectivity index (χ4n) is 2.86. The number of aromatic nitrogens is 2. The van der Waals surface area contributed by atoms with Gasteiger partial charge >= 0.3 is 6.03 Å². The molecule has 0 saturated carbocycles. The molecule has 0 aliphatic heterocycles. The molecule has 1 heterocycles. The lowest BCUT2D eigenvalue weighted by Gasteiger charge is -2.12. The van der Waals surface area contributed by atoms with E-state index in [2.05, 4.69) is 25.6 Å². The molecule has 0 saturated heterocycles. The first-order valence-electron chi connectivity index (χ1n) is 10.2. The lowest BCUT2D eigenvalue weighted by atomic mass is 10.0. The number of nitrogens with two attached hydrogens (primary N) is 2. The van der Waals surface area contributed by atoms with E-state index in [-0.39, 0.29) is 17.3 Å². The highest BCUT2D eigenvalue weighted by atomic mass is 19.1. The number of carbonyl (C=O) groups excluding carboxylic acids is 1. The van der Waals surface area contributed by atoms with Crippen molar-refractivity contribution < 1.29 is 14.2 Å². The fourth-order valence-corrected chi connectivity index (χ4v) is 2.86. The Hall–Kier alpha value is -4.27. The molecule has 0 radical (unpaired) electrons. The van der Waals surface area contributed by atoms with E-state index >= 15 is 0 Å². The number of rotatable bonds is 5. The molecule has 3 aromatic rings. The summed E-state index contributed by atoms with van der Waals surface area (Å²) in [6.45, 7) is 6.08. The molecular weight excluding hydrogens is 421 g/mol. The van der Waals surface area contributed by atoms with Gasteiger partial charge in [-0.25, -0.2) is 24.1 Å². The maximum atomic E-state index is 13.1. The number of nitrogens with one attached hydrogen (secondary N) is 3. The first-order chi connectivity index (χ1) is 15.6. The lowest BCUT2D eigenvalue weighted by Crippen LogP contribution is -2.81. The molecule has 2 amide bonds. The average Bonchev–Trinajstić information content (AvgIpc) is 2.75. The van der Waals surface area contributed by atoms with Crippen LogP contribution in [0, 0.1) is 5.82 Å². The smallest absolute Gasteiger partial charge is 0.323 e. The first kappa shape index (κ1) is 23.4. The Balaban J connectivity index is 1.92. The Morgan fingerprint density at radius 2 is 1.76 bits per heavy atom. The second kappa shape index (κ2) is 9.90. The van der Waals surface area contributed by atoms with Gasteiger partial charge in [-0.3, -0.25) is 0 Å². The summed E-state index contributed by atoms with van der Waals surface area (Å²) in [7, 11) is 0. The summed E-state index contributed by atoms with van der Waals surface area (Å²) in [5, 5.41) is 5.44. The molecule has 9 heteroatoms. The van der Waals surface area contributed by atoms with E-state index in [1.807, 2.05) is 33.1 Å². The van der Waals surface area contributed by atoms with Gasteiger partial charge in [0.05, 0.1) is 17.0 Å². The molecule has 7 N–H and O–H groups in total. The molecule has 170 valence electrons. The molecule has 0 aliphatic rings. The van der Waals surface area contributed by atoms with E-state index in [1.54, 1.807) is 24.3 Å². The number of hydrogen-bond donors (Lipinski definition) is 5. The van der Waals surface area contributed by atoms with Gasteiger partial charge in [-0.2, -0.15) is 0 Å². The van der Waals surface area contributed by atoms with E-state index in [4.69, 9.17) is 11.5 Å². The number of urea groups is 1. The zero-order valence-corrected chi connectivity index (χ0v) is 18.7. The van der Waals surface area contributed by atoms with Gasteiger partial charge in [0, 0.05) is 17.6 Å². The summed E-state index contributed by atoms with van der Waals surface area (Å²) in [6, 6.07) is 13.9. The third-order valence-corrected chi connectivity index (χ3v) is 4.42. The van der Waals surface area contributed by atoms with Crippen molar-refractivity contribution in [3.63, 3.8) is 0 Å². The van der Waals surface area contributed by atoms with Crippen LogP contribution in [0.25, 0.3) is 11.3 Å². The van der Waals surface area contributed by atoms with Gasteiger partial charge in [0.2, 0.25) is 5.95 Å². The lowest BCUT2D eigenvalue weighted by molar-refractivity contribution is -0.533. The first-order valence-corrected chi connectivity index (χ1v) is 10.2. The van der Waals surface area contributed by atoms with Crippen molar-refractivity contribution in [3.8, 4) is 0 Å². The van der Waals surface area contributed by atoms with Gasteiger partial charge in [0.25, 0.3) is 0 Å². The number of nitrogens with zero attached hydrogens (tertiary/aromatic N) is 2. The van der Waals surface area contributed by atoms with Crippen molar-refractivity contribution in [2.24, 2.45) is 5.73 Å². The van der Waals surface area contributed by atoms with Crippen LogP contribution in [0.15, 0.2) is 60.8 Å². The molecule has 3 rings (SSSR count). The SMILES string of the molecule is CC(C)(C)[NH+]=CC(=C(N)c1ccnc(N)n1)c1cccc(NC(=O)Nc2ccc(F)cc2)c1. The predicted molar refractivity (Wildman–Crippen MR) is 130 cm³/mol. The van der Waals surface area contributed by atoms with Gasteiger partial charge in [0.1, 0.15) is 5.82 Å². The van der Waals surface area contributed by atoms with Crippen molar-refractivity contribution in [2.75, 3.05) is 16.4 Å². The summed E-state index contributed by atoms with van der Waals surface area (Å²) in [5.41, 5.74) is 15.3. The van der Waals surface area contributed by atoms with E-state index in [0.29, 0.717) is 28.3 Å². The van der Waals surface area contributed by atoms with Crippen LogP contribution in [0.4, 0.5) is 26.5 Å². The Labute approximate surface area is 191 Å². The summed E-state index contributed by atoms with van der Waals surface area (Å²) < 4.78 is 13.1. The van der Waals surface area contributed by atoms with Gasteiger partial charge in [-0.05, 0) is 68.8 Å². The second-order valence-corrected chi connectivity index (χ2v) is 8.33. The number of amides is 2. The van der Waals surface area contributed by atoms with Crippen LogP contribution < -0.4 is 27.1 Å². The third kappa shape index (κ3) is 6.86. The summed E-state index contributed by atoms with van der Waals surface area (Å²) in [5.74, 6) is -0.261. The zero-order valence-electron chi connectivity index (χ0n) is 18.7. The van der Waals surface area contributed by atoms with Crippen molar-refractivity contribution >= 4 is 40.8 Å². The molecule has 0 atom stereocenters. The summed E-state index contributed by atoms with van der Waals surface area (Å²) in [6.07, 6.45) is 3.35. The Kier molecular flexibility index (Phi) is 7.02. The average molecular weight is 449 g/mol. The summed E-state index contributed by atoms with van der Waals surface area (Å²) >= 11 is 0. The van der Waals surface area contributed by atoms with Crippen LogP contribution in [0.2, 0.25) is 0 Å². The Morgan fingerprint density at radius 3 is 2.42 bits per heavy atom. The fraction of sp³-hybridized carbons (Fsp3) is 0.167. The van der Waals surface area contributed by atoms with Crippen LogP contribution in [0.3, 0.4) is 0 Å². The second-order valence-electron chi connectivity index (χ2n) is 8.33. The highest BCUT2D eigenvalue weighted by molar-refractivity contribution is 6.17. The minimum atomic E-state index is -0.461. The maximum absolute atomic E-state index is 13.1. The van der Waals surface area contributed by atoms with Crippen LogP contribution >= 0.6 is 0 Å². The monoisotopic (exact) mass is 448 g/mol. The largest absolute Gasteiger partial charge is 0.396 e. The maximum Gasteiger partial charge on any atom is 0.323 e. The van der Waals surface area contributed by atoms with E-state index < -0.39 is 6.03 Å². The Morgan fingerprint density at radius 1 is 1.06 bits per heavy atom. The zero-order chi connectivity index (χ0) is 24.0. The molecule has 2 aromatic carbocycles. The van der Waals surface area contributed by atoms with Gasteiger partial charge < -0.3 is 22.1 Å². The van der Waals surface area contributed by atoms with Crippen LogP contribution in [-0.4, -0.2) is 27.8 Å². The highest BCUT2D eigenvalue weighted by Gasteiger charge is 2.17. The van der Waals surface area contributed by atoms with Crippen LogP contribution in [0.5, 0.6) is 0 Å². The van der Waals surface area contributed by atoms with E-state index in [9.17, 15) is 9.18 Å². The predicted octanol–water partition coefficient (Wildman–Crippen LogP) is 2.62. The molecule has 1 aromatic heterocycles. The van der Waals surface area contributed by atoms with E-state index in [0.717, 1.165) is 5.56 Å². The number of hydrogen-bond acceptors (Lipinski definition) is 5. The van der Waals surface area contributed by atoms with Gasteiger partial charge in [-0.1, -0.05) is 12.1 Å². The number of benzene rings is 2. The molecule has 0 spiro atoms. The molecule has 0 aliphatic carbocycles. The minimum absolute atomic E-state index is 0.117. The van der Waals surface area contributed by atoms with Gasteiger partial charge in [0.15, 0.2) is 11.8 Å². The molecule has 0 unspecified atom stereocenters. The summed E-state index contributed by atoms with van der Waals surface area (Å²) in [4.78, 5) is 23.8. The van der Waals surface area contributed by atoms with Gasteiger partial charge in [-0.15, -0.1) is 0 Å². The topological polar surface area (TPSA) is 133 Å². The quantitative estimate of drug-likeness (QED) is 0.383. The molecule has 0 bridgehead atoms. The Bertz CT molecular complexity index is 1200. The van der Waals surface area contributed by atoms with E-state index in [1.165, 1.54) is 30.5 Å². The highest BCUT2D eigenvalue weighted by Crippen LogP contribution is 2.23. The number of halogens is 1. The van der Waals surface area contributed by atoms with Crippen molar-refractivity contribution in [3.05, 3.63) is 77.9 Å². The number of nitrogen functional groups attached to an aromatic ring is 1. The molecule has 0 fully saturated rings. The number of anilines is 3.